The lowest BCUT2D eigenvalue weighted by Crippen LogP contribution is -2.54. The molecule has 6 nitrogen and oxygen atoms in total. The summed E-state index contributed by atoms with van der Waals surface area (Å²) in [6.07, 6.45) is 1.35. The third-order valence-electron chi connectivity index (χ3n) is 3.52. The van der Waals surface area contributed by atoms with Crippen molar-refractivity contribution < 1.29 is 19.5 Å². The number of rotatable bonds is 2. The molecule has 1 fully saturated rings. The number of hydrogen-bond acceptors (Lipinski definition) is 4. The molecule has 0 aromatic heterocycles. The lowest BCUT2D eigenvalue weighted by atomic mass is 10.1. The highest BCUT2D eigenvalue weighted by Crippen LogP contribution is 2.34. The van der Waals surface area contributed by atoms with E-state index in [1.54, 1.807) is 36.4 Å². The number of urea groups is 1. The third kappa shape index (κ3) is 3.60. The first-order valence-electron chi connectivity index (χ1n) is 7.13. The summed E-state index contributed by atoms with van der Waals surface area (Å²) in [5, 5.41) is 11.9. The molecule has 4 amide bonds. The highest BCUT2D eigenvalue weighted by atomic mass is 79.9. The molecule has 2 aromatic carbocycles. The number of halogens is 3. The van der Waals surface area contributed by atoms with Crippen molar-refractivity contribution in [3.05, 3.63) is 61.0 Å². The normalized spacial score (nSPS) is 16.2. The van der Waals surface area contributed by atoms with Crippen LogP contribution in [0.1, 0.15) is 5.56 Å². The molecule has 1 heterocycles. The van der Waals surface area contributed by atoms with E-state index in [9.17, 15) is 19.5 Å². The number of hydrogen-bond donors (Lipinski definition) is 2. The Morgan fingerprint density at radius 2 is 1.65 bits per heavy atom. The van der Waals surface area contributed by atoms with Gasteiger partial charge in [-0.15, -0.1) is 0 Å². The second kappa shape index (κ2) is 7.34. The van der Waals surface area contributed by atoms with E-state index in [-0.39, 0.29) is 11.3 Å². The van der Waals surface area contributed by atoms with Crippen LogP contribution in [-0.2, 0) is 9.59 Å². The highest BCUT2D eigenvalue weighted by molar-refractivity contribution is 9.11. The fourth-order valence-corrected chi connectivity index (χ4v) is 3.95. The number of aromatic hydroxyl groups is 1. The second-order valence-electron chi connectivity index (χ2n) is 5.27. The van der Waals surface area contributed by atoms with Crippen molar-refractivity contribution in [3.8, 4) is 5.75 Å². The number of nitrogens with one attached hydrogen (secondary N) is 1. The van der Waals surface area contributed by atoms with Gasteiger partial charge in [0.15, 0.2) is 0 Å². The zero-order valence-corrected chi connectivity index (χ0v) is 17.6. The van der Waals surface area contributed by atoms with E-state index >= 15 is 0 Å². The number of carbonyl (C=O) groups excluding carboxylic acids is 3. The maximum absolute atomic E-state index is 12.8. The molecule has 26 heavy (non-hydrogen) atoms. The van der Waals surface area contributed by atoms with Crippen LogP contribution in [0.4, 0.5) is 10.5 Å². The number of barbiturate groups is 1. The van der Waals surface area contributed by atoms with Gasteiger partial charge < -0.3 is 5.11 Å². The summed E-state index contributed by atoms with van der Waals surface area (Å²) in [5.74, 6) is -1.53. The molecule has 2 N–H and O–H groups in total. The van der Waals surface area contributed by atoms with E-state index in [1.165, 1.54) is 6.08 Å². The lowest BCUT2D eigenvalue weighted by Gasteiger charge is -2.26. The van der Waals surface area contributed by atoms with Crippen LogP contribution in [0.25, 0.3) is 6.08 Å². The number of benzene rings is 2. The fourth-order valence-electron chi connectivity index (χ4n) is 2.34. The molecule has 9 heteroatoms. The fraction of sp³-hybridized carbons (Fsp3) is 0. The first-order valence-corrected chi connectivity index (χ1v) is 9.51. The van der Waals surface area contributed by atoms with Crippen LogP contribution < -0.4 is 10.2 Å². The molecule has 0 saturated carbocycles. The quantitative estimate of drug-likeness (QED) is 0.435. The molecular weight excluding hydrogens is 536 g/mol. The van der Waals surface area contributed by atoms with Crippen molar-refractivity contribution in [1.29, 1.82) is 0 Å². The topological polar surface area (TPSA) is 86.7 Å². The Morgan fingerprint density at radius 3 is 2.27 bits per heavy atom. The van der Waals surface area contributed by atoms with E-state index in [1.807, 2.05) is 0 Å². The number of amides is 4. The van der Waals surface area contributed by atoms with Crippen LogP contribution in [-0.4, -0.2) is 23.0 Å². The lowest BCUT2D eigenvalue weighted by molar-refractivity contribution is -0.122. The Morgan fingerprint density at radius 1 is 1.00 bits per heavy atom. The Balaban J connectivity index is 2.06. The van der Waals surface area contributed by atoms with Gasteiger partial charge >= 0.3 is 6.03 Å². The molecule has 132 valence electrons. The second-order valence-corrected chi connectivity index (χ2v) is 7.90. The number of nitrogens with zero attached hydrogens (tertiary/aromatic N) is 1. The minimum atomic E-state index is -0.816. The molecule has 3 rings (SSSR count). The molecule has 1 saturated heterocycles. The molecule has 0 atom stereocenters. The van der Waals surface area contributed by atoms with Crippen molar-refractivity contribution in [2.24, 2.45) is 0 Å². The number of phenolic OH excluding ortho intramolecular Hbond substituents is 1. The van der Waals surface area contributed by atoms with Crippen LogP contribution in [0.2, 0.25) is 0 Å². The predicted molar refractivity (Wildman–Crippen MR) is 107 cm³/mol. The van der Waals surface area contributed by atoms with Gasteiger partial charge in [0.1, 0.15) is 11.3 Å². The van der Waals surface area contributed by atoms with Gasteiger partial charge in [0.05, 0.1) is 14.6 Å². The Bertz CT molecular complexity index is 965. The van der Waals surface area contributed by atoms with Gasteiger partial charge in [-0.2, -0.15) is 0 Å². The van der Waals surface area contributed by atoms with Crippen molar-refractivity contribution >= 4 is 77.4 Å². The largest absolute Gasteiger partial charge is 0.506 e. The monoisotopic (exact) mass is 542 g/mol. The van der Waals surface area contributed by atoms with Gasteiger partial charge in [-0.1, -0.05) is 22.0 Å². The smallest absolute Gasteiger partial charge is 0.335 e. The molecule has 1 aliphatic rings. The molecule has 1 aliphatic heterocycles. The Hall–Kier alpha value is -1.97. The minimum absolute atomic E-state index is 0.00230. The standard InChI is InChI=1S/C17H9Br3N2O4/c18-9-2-1-3-10(7-9)22-16(25)11(15(24)21-17(22)26)4-8-5-12(19)14(23)13(20)6-8/h1-7,23H,(H,21,24,26)/b11-4+. The average molecular weight is 545 g/mol. The minimum Gasteiger partial charge on any atom is -0.506 e. The average Bonchev–Trinajstić information content (AvgIpc) is 2.56. The van der Waals surface area contributed by atoms with E-state index in [0.29, 0.717) is 24.7 Å². The summed E-state index contributed by atoms with van der Waals surface area (Å²) in [5.41, 5.74) is 0.617. The number of anilines is 1. The van der Waals surface area contributed by atoms with Gasteiger partial charge in [0, 0.05) is 4.47 Å². The van der Waals surface area contributed by atoms with Crippen LogP contribution in [0, 0.1) is 0 Å². The summed E-state index contributed by atoms with van der Waals surface area (Å²) in [6.45, 7) is 0. The Labute approximate surface area is 173 Å². The van der Waals surface area contributed by atoms with Crippen LogP contribution in [0.15, 0.2) is 55.4 Å². The third-order valence-corrected chi connectivity index (χ3v) is 5.22. The van der Waals surface area contributed by atoms with E-state index in [4.69, 9.17) is 0 Å². The predicted octanol–water partition coefficient (Wildman–Crippen LogP) is 4.35. The summed E-state index contributed by atoms with van der Waals surface area (Å²) in [6, 6.07) is 8.89. The van der Waals surface area contributed by atoms with Gasteiger partial charge in [-0.25, -0.2) is 9.69 Å². The van der Waals surface area contributed by atoms with Crippen LogP contribution in [0.5, 0.6) is 5.75 Å². The number of imide groups is 2. The molecule has 0 spiro atoms. The summed E-state index contributed by atoms with van der Waals surface area (Å²) < 4.78 is 1.47. The summed E-state index contributed by atoms with van der Waals surface area (Å²) in [7, 11) is 0. The summed E-state index contributed by atoms with van der Waals surface area (Å²) in [4.78, 5) is 38.0. The molecule has 0 radical (unpaired) electrons. The van der Waals surface area contributed by atoms with Crippen molar-refractivity contribution in [2.75, 3.05) is 4.90 Å². The molecule has 0 aliphatic carbocycles. The van der Waals surface area contributed by atoms with Crippen molar-refractivity contribution in [2.45, 2.75) is 0 Å². The van der Waals surface area contributed by atoms with E-state index in [0.717, 1.165) is 4.90 Å². The van der Waals surface area contributed by atoms with Gasteiger partial charge in [-0.05, 0) is 73.8 Å². The van der Waals surface area contributed by atoms with Crippen molar-refractivity contribution in [3.63, 3.8) is 0 Å². The maximum atomic E-state index is 12.8. The first-order chi connectivity index (χ1) is 12.3. The van der Waals surface area contributed by atoms with Crippen molar-refractivity contribution in [1.82, 2.24) is 5.32 Å². The first kappa shape index (κ1) is 18.8. The van der Waals surface area contributed by atoms with E-state index < -0.39 is 17.8 Å². The van der Waals surface area contributed by atoms with Crippen LogP contribution in [0.3, 0.4) is 0 Å². The molecular formula is C17H9Br3N2O4. The number of carbonyl (C=O) groups is 3. The van der Waals surface area contributed by atoms with E-state index in [2.05, 4.69) is 53.1 Å². The van der Waals surface area contributed by atoms with Gasteiger partial charge in [-0.3, -0.25) is 14.9 Å². The molecule has 2 aromatic rings. The SMILES string of the molecule is O=C1NC(=O)N(c2cccc(Br)c2)C(=O)/C1=C/c1cc(Br)c(O)c(Br)c1. The Kier molecular flexibility index (Phi) is 5.31. The zero-order valence-electron chi connectivity index (χ0n) is 12.8. The van der Waals surface area contributed by atoms with Gasteiger partial charge in [0.25, 0.3) is 11.8 Å². The summed E-state index contributed by atoms with van der Waals surface area (Å²) >= 11 is 9.67. The molecule has 0 unspecified atom stereocenters. The number of phenols is 1. The molecule has 0 bridgehead atoms. The van der Waals surface area contributed by atoms with Crippen LogP contribution >= 0.6 is 47.8 Å². The highest BCUT2D eigenvalue weighted by Gasteiger charge is 2.36. The van der Waals surface area contributed by atoms with Gasteiger partial charge in [0.2, 0.25) is 0 Å². The maximum Gasteiger partial charge on any atom is 0.335 e. The zero-order chi connectivity index (χ0) is 19.0.